The monoisotopic (exact) mass is 615 g/mol. The van der Waals surface area contributed by atoms with E-state index in [2.05, 4.69) is 21.2 Å². The number of hydrogen-bond donors (Lipinski definition) is 1. The molecule has 0 aliphatic heterocycles. The van der Waals surface area contributed by atoms with E-state index in [0.29, 0.717) is 22.5 Å². The Hall–Kier alpha value is -3.37. The average molecular weight is 617 g/mol. The Labute approximate surface area is 239 Å². The van der Waals surface area contributed by atoms with Crippen molar-refractivity contribution in [3.63, 3.8) is 0 Å². The number of carbonyl (C=O) groups is 2. The number of amides is 2. The predicted octanol–water partition coefficient (Wildman–Crippen LogP) is 4.99. The molecule has 3 aromatic carbocycles. The smallest absolute Gasteiger partial charge is 0.264 e. The molecule has 1 N–H and O–H groups in total. The summed E-state index contributed by atoms with van der Waals surface area (Å²) in [6.45, 7) is 3.76. The largest absolute Gasteiger partial charge is 0.497 e. The molecule has 0 aromatic heterocycles. The molecular weight excluding hydrogens is 582 g/mol. The van der Waals surface area contributed by atoms with Crippen LogP contribution in [-0.4, -0.2) is 51.4 Å². The molecule has 0 aliphatic carbocycles. The van der Waals surface area contributed by atoms with Gasteiger partial charge in [-0.3, -0.25) is 13.9 Å². The van der Waals surface area contributed by atoms with Gasteiger partial charge in [0, 0.05) is 17.6 Å². The van der Waals surface area contributed by atoms with E-state index in [4.69, 9.17) is 4.74 Å². The van der Waals surface area contributed by atoms with Crippen LogP contribution >= 0.6 is 15.9 Å². The third kappa shape index (κ3) is 8.06. The van der Waals surface area contributed by atoms with Crippen molar-refractivity contribution < 1.29 is 22.7 Å². The van der Waals surface area contributed by atoms with Crippen LogP contribution in [0.5, 0.6) is 5.75 Å². The lowest BCUT2D eigenvalue weighted by Gasteiger charge is -2.32. The molecule has 0 spiro atoms. The zero-order valence-electron chi connectivity index (χ0n) is 22.3. The normalized spacial score (nSPS) is 11.9. The Bertz CT molecular complexity index is 1370. The third-order valence-corrected chi connectivity index (χ3v) is 8.47. The fraction of sp³-hybridized carbons (Fsp3) is 0.310. The summed E-state index contributed by atoms with van der Waals surface area (Å²) >= 11 is 3.40. The molecule has 3 aromatic rings. The van der Waals surface area contributed by atoms with Crippen LogP contribution in [0.4, 0.5) is 5.69 Å². The number of unbranched alkanes of at least 4 members (excludes halogenated alkanes) is 1. The van der Waals surface area contributed by atoms with Gasteiger partial charge in [0.1, 0.15) is 18.3 Å². The minimum atomic E-state index is -4.10. The average Bonchev–Trinajstić information content (AvgIpc) is 2.94. The van der Waals surface area contributed by atoms with Gasteiger partial charge in [0.25, 0.3) is 10.0 Å². The van der Waals surface area contributed by atoms with Gasteiger partial charge in [0.2, 0.25) is 11.8 Å². The maximum Gasteiger partial charge on any atom is 0.264 e. The van der Waals surface area contributed by atoms with Gasteiger partial charge in [-0.1, -0.05) is 65.7 Å². The van der Waals surface area contributed by atoms with Gasteiger partial charge in [0.15, 0.2) is 0 Å². The molecule has 0 saturated carbocycles. The van der Waals surface area contributed by atoms with Crippen molar-refractivity contribution in [1.82, 2.24) is 10.2 Å². The molecule has 10 heteroatoms. The van der Waals surface area contributed by atoms with Crippen molar-refractivity contribution in [1.29, 1.82) is 0 Å². The molecule has 39 heavy (non-hydrogen) atoms. The topological polar surface area (TPSA) is 96.0 Å². The molecule has 0 radical (unpaired) electrons. The summed E-state index contributed by atoms with van der Waals surface area (Å²) in [6.07, 6.45) is 1.73. The fourth-order valence-electron chi connectivity index (χ4n) is 3.97. The van der Waals surface area contributed by atoms with Gasteiger partial charge in [-0.15, -0.1) is 0 Å². The lowest BCUT2D eigenvalue weighted by atomic mass is 10.1. The van der Waals surface area contributed by atoms with Gasteiger partial charge in [0.05, 0.1) is 17.7 Å². The number of nitrogens with zero attached hydrogens (tertiary/aromatic N) is 2. The molecule has 3 rings (SSSR count). The molecule has 8 nitrogen and oxygen atoms in total. The first-order chi connectivity index (χ1) is 18.7. The lowest BCUT2D eigenvalue weighted by molar-refractivity contribution is -0.139. The quantitative estimate of drug-likeness (QED) is 0.273. The highest BCUT2D eigenvalue weighted by molar-refractivity contribution is 9.10. The minimum Gasteiger partial charge on any atom is -0.497 e. The summed E-state index contributed by atoms with van der Waals surface area (Å²) in [5.74, 6) is -0.211. The van der Waals surface area contributed by atoms with E-state index < -0.39 is 28.5 Å². The number of nitrogens with one attached hydrogen (secondary N) is 1. The second-order valence-corrected chi connectivity index (χ2v) is 11.8. The van der Waals surface area contributed by atoms with Crippen molar-refractivity contribution >= 4 is 43.5 Å². The molecule has 0 heterocycles. The number of benzene rings is 3. The molecule has 2 amide bonds. The Morgan fingerprint density at radius 1 is 1.00 bits per heavy atom. The van der Waals surface area contributed by atoms with Crippen molar-refractivity contribution in [2.45, 2.75) is 44.2 Å². The lowest BCUT2D eigenvalue weighted by Crippen LogP contribution is -2.51. The highest BCUT2D eigenvalue weighted by Crippen LogP contribution is 2.27. The van der Waals surface area contributed by atoms with Crippen molar-refractivity contribution in [2.75, 3.05) is 24.5 Å². The number of methoxy groups -OCH3 is 1. The second-order valence-electron chi connectivity index (χ2n) is 9.00. The van der Waals surface area contributed by atoms with E-state index in [0.717, 1.165) is 22.7 Å². The van der Waals surface area contributed by atoms with Crippen LogP contribution in [0, 0.1) is 0 Å². The summed E-state index contributed by atoms with van der Waals surface area (Å²) < 4.78 is 34.6. The number of anilines is 1. The van der Waals surface area contributed by atoms with Gasteiger partial charge in [-0.05, 0) is 61.4 Å². The first-order valence-corrected chi connectivity index (χ1v) is 14.9. The van der Waals surface area contributed by atoms with E-state index in [1.165, 1.54) is 17.0 Å². The second kappa shape index (κ2) is 14.1. The van der Waals surface area contributed by atoms with E-state index >= 15 is 0 Å². The Kier molecular flexibility index (Phi) is 10.9. The van der Waals surface area contributed by atoms with Gasteiger partial charge in [-0.2, -0.15) is 0 Å². The van der Waals surface area contributed by atoms with Crippen LogP contribution < -0.4 is 14.4 Å². The van der Waals surface area contributed by atoms with Crippen molar-refractivity contribution in [2.24, 2.45) is 0 Å². The van der Waals surface area contributed by atoms with Crippen LogP contribution in [0.1, 0.15) is 32.3 Å². The number of halogens is 1. The van der Waals surface area contributed by atoms with Crippen molar-refractivity contribution in [3.8, 4) is 5.75 Å². The predicted molar refractivity (Wildman–Crippen MR) is 156 cm³/mol. The Morgan fingerprint density at radius 3 is 2.38 bits per heavy atom. The van der Waals surface area contributed by atoms with Crippen LogP contribution in [0.3, 0.4) is 0 Å². The maximum absolute atomic E-state index is 13.9. The first kappa shape index (κ1) is 30.2. The Morgan fingerprint density at radius 2 is 1.72 bits per heavy atom. The fourth-order valence-corrected chi connectivity index (χ4v) is 5.78. The third-order valence-electron chi connectivity index (χ3n) is 6.19. The minimum absolute atomic E-state index is 0.0579. The zero-order chi connectivity index (χ0) is 28.4. The maximum atomic E-state index is 13.9. The van der Waals surface area contributed by atoms with E-state index in [9.17, 15) is 18.0 Å². The highest BCUT2D eigenvalue weighted by Gasteiger charge is 2.32. The van der Waals surface area contributed by atoms with Crippen LogP contribution in [0.25, 0.3) is 0 Å². The van der Waals surface area contributed by atoms with Crippen LogP contribution in [-0.2, 0) is 26.2 Å². The van der Waals surface area contributed by atoms with Crippen molar-refractivity contribution in [3.05, 3.63) is 88.9 Å². The number of ether oxygens (including phenoxy) is 1. The SMILES string of the molecule is CCCCNC(=O)[C@H](C)N(Cc1cccc(OC)c1)C(=O)CN(c1cccc(Br)c1)S(=O)(=O)c1ccccc1. The number of carbonyl (C=O) groups excluding carboxylic acids is 2. The number of rotatable bonds is 13. The summed E-state index contributed by atoms with van der Waals surface area (Å²) in [5.41, 5.74) is 1.07. The van der Waals surface area contributed by atoms with Crippen LogP contribution in [0.2, 0.25) is 0 Å². The van der Waals surface area contributed by atoms with Gasteiger partial charge in [-0.25, -0.2) is 8.42 Å². The molecule has 1 atom stereocenters. The zero-order valence-corrected chi connectivity index (χ0v) is 24.7. The van der Waals surface area contributed by atoms with Crippen LogP contribution in [0.15, 0.2) is 88.2 Å². The molecule has 0 aliphatic rings. The summed E-state index contributed by atoms with van der Waals surface area (Å²) in [4.78, 5) is 28.4. The molecule has 208 valence electrons. The number of sulfonamides is 1. The molecule has 0 bridgehead atoms. The van der Waals surface area contributed by atoms with E-state index in [1.54, 1.807) is 74.7 Å². The molecule has 0 unspecified atom stereocenters. The van der Waals surface area contributed by atoms with E-state index in [-0.39, 0.29) is 17.3 Å². The van der Waals surface area contributed by atoms with Gasteiger partial charge >= 0.3 is 0 Å². The highest BCUT2D eigenvalue weighted by atomic mass is 79.9. The number of hydrogen-bond acceptors (Lipinski definition) is 5. The molecule has 0 fully saturated rings. The summed E-state index contributed by atoms with van der Waals surface area (Å²) in [6, 6.07) is 21.1. The Balaban J connectivity index is 2.00. The first-order valence-electron chi connectivity index (χ1n) is 12.7. The van der Waals surface area contributed by atoms with E-state index in [1.807, 2.05) is 13.0 Å². The standard InChI is InChI=1S/C29H34BrN3O5S/c1-4-5-17-31-29(35)22(2)32(20-23-11-9-14-26(18-23)38-3)28(34)21-33(25-13-10-12-24(30)19-25)39(36,37)27-15-7-6-8-16-27/h6-16,18-19,22H,4-5,17,20-21H2,1-3H3,(H,31,35)/t22-/m0/s1. The molecular formula is C29H34BrN3O5S. The molecule has 0 saturated heterocycles. The van der Waals surface area contributed by atoms with Gasteiger partial charge < -0.3 is 15.0 Å². The summed E-state index contributed by atoms with van der Waals surface area (Å²) in [7, 11) is -2.55. The summed E-state index contributed by atoms with van der Waals surface area (Å²) in [5, 5.41) is 2.88.